The van der Waals surface area contributed by atoms with Crippen LogP contribution < -0.4 is 0 Å². The fourth-order valence-electron chi connectivity index (χ4n) is 0. The van der Waals surface area contributed by atoms with Crippen molar-refractivity contribution in [2.45, 2.75) is 0 Å². The predicted octanol–water partition coefficient (Wildman–Crippen LogP) is 0.611. The topological polar surface area (TPSA) is 0 Å². The molecule has 4 heavy (non-hydrogen) atoms. The maximum absolute atomic E-state index is 0. The van der Waals surface area contributed by atoms with Gasteiger partial charge in [0.1, 0.15) is 0 Å². The van der Waals surface area contributed by atoms with Crippen LogP contribution >= 0.6 is 24.0 Å². The molecule has 0 aromatic heterocycles. The van der Waals surface area contributed by atoms with E-state index in [1.807, 2.05) is 0 Å². The fraction of sp³-hybridized carbons (Fsp3) is 0. The first-order chi connectivity index (χ1) is 0. The Balaban J connectivity index is 0. The molecule has 28 valence electrons. The van der Waals surface area contributed by atoms with Crippen LogP contribution in [0.15, 0.2) is 0 Å². The summed E-state index contributed by atoms with van der Waals surface area (Å²) in [6.07, 6.45) is 0. The molecule has 0 spiro atoms. The van der Waals surface area contributed by atoms with Gasteiger partial charge < -0.3 is 0 Å². The van der Waals surface area contributed by atoms with E-state index in [0.29, 0.717) is 0 Å². The van der Waals surface area contributed by atoms with Crippen LogP contribution in [0.1, 0.15) is 0 Å². The molecular weight excluding hydrogens is 311 g/mol. The summed E-state index contributed by atoms with van der Waals surface area (Å²) in [5.74, 6) is 0. The van der Waals surface area contributed by atoms with Crippen molar-refractivity contribution in [2.75, 3.05) is 0 Å². The van der Waals surface area contributed by atoms with Crippen LogP contribution in [0.2, 0.25) is 0 Å². The van der Waals surface area contributed by atoms with E-state index in [-0.39, 0.29) is 77.6 Å². The summed E-state index contributed by atoms with van der Waals surface area (Å²) in [6.45, 7) is 0. The van der Waals surface area contributed by atoms with E-state index in [1.54, 1.807) is 0 Å². The molecule has 0 rings (SSSR count). The van der Waals surface area contributed by atoms with Crippen molar-refractivity contribution in [2.24, 2.45) is 0 Å². The number of rotatable bonds is 0. The summed E-state index contributed by atoms with van der Waals surface area (Å²) < 4.78 is 0. The van der Waals surface area contributed by atoms with Crippen molar-refractivity contribution in [1.82, 2.24) is 0 Å². The minimum atomic E-state index is 0. The minimum absolute atomic E-state index is 0. The van der Waals surface area contributed by atoms with Crippen molar-refractivity contribution in [3.63, 3.8) is 0 Å². The Kier molecular flexibility index (Phi) is 148. The Morgan fingerprint density at radius 2 is 1.00 bits per heavy atom. The Hall–Kier alpha value is 2.39. The van der Waals surface area contributed by atoms with Crippen LogP contribution in [0.25, 0.3) is 0 Å². The predicted molar refractivity (Wildman–Crippen MR) is 15.4 cm³/mol. The second kappa shape index (κ2) is 18.2. The molecule has 0 aliphatic heterocycles. The maximum atomic E-state index is 0. The van der Waals surface area contributed by atoms with Gasteiger partial charge >= 0.3 is 0 Å². The van der Waals surface area contributed by atoms with Crippen LogP contribution in [-0.2, 0) is 53.6 Å². The fourth-order valence-corrected chi connectivity index (χ4v) is 0. The van der Waals surface area contributed by atoms with Gasteiger partial charge in [-0.05, 0) is 0 Å². The molecular formula is HCuIMnZn. The van der Waals surface area contributed by atoms with Crippen molar-refractivity contribution in [3.8, 4) is 0 Å². The average molecular weight is 312 g/mol. The second-order valence-electron chi connectivity index (χ2n) is 0. The number of hydrogen-bond donors (Lipinski definition) is 0. The van der Waals surface area contributed by atoms with E-state index in [1.165, 1.54) is 0 Å². The molecule has 0 saturated heterocycles. The van der Waals surface area contributed by atoms with Crippen molar-refractivity contribution < 1.29 is 53.6 Å². The normalized spacial score (nSPS) is 0. The molecule has 0 aromatic rings. The monoisotopic (exact) mass is 310 g/mol. The van der Waals surface area contributed by atoms with Gasteiger partial charge in [-0.25, -0.2) is 0 Å². The van der Waals surface area contributed by atoms with Gasteiger partial charge in [-0.2, -0.15) is 0 Å². The molecule has 0 unspecified atom stereocenters. The van der Waals surface area contributed by atoms with Crippen molar-refractivity contribution in [3.05, 3.63) is 0 Å². The van der Waals surface area contributed by atoms with Crippen LogP contribution in [0, 0.1) is 0 Å². The molecule has 4 heteroatoms. The molecule has 0 aliphatic carbocycles. The summed E-state index contributed by atoms with van der Waals surface area (Å²) in [5.41, 5.74) is 0. The summed E-state index contributed by atoms with van der Waals surface area (Å²) in [4.78, 5) is 0. The standard InChI is InChI=1S/Cu.HI.Mn.Zn/h;1H;;. The van der Waals surface area contributed by atoms with Crippen LogP contribution in [-0.4, -0.2) is 0 Å². The third-order valence-corrected chi connectivity index (χ3v) is 0. The Bertz CT molecular complexity index is 8.00. The Labute approximate surface area is 76.6 Å². The molecule has 0 bridgehead atoms. The molecule has 0 aromatic carbocycles. The first kappa shape index (κ1) is 32.5. The van der Waals surface area contributed by atoms with Gasteiger partial charge in [-0.1, -0.05) is 0 Å². The first-order valence-electron chi connectivity index (χ1n) is 0. The van der Waals surface area contributed by atoms with Crippen LogP contribution in [0.4, 0.5) is 0 Å². The zero-order valence-electron chi connectivity index (χ0n) is 1.79. The zero-order valence-corrected chi connectivity index (χ0v) is 9.21. The third-order valence-electron chi connectivity index (χ3n) is 0. The molecule has 0 N–H and O–H groups in total. The molecule has 0 heterocycles. The van der Waals surface area contributed by atoms with Crippen molar-refractivity contribution >= 4 is 24.0 Å². The van der Waals surface area contributed by atoms with Gasteiger partial charge in [0.15, 0.2) is 0 Å². The summed E-state index contributed by atoms with van der Waals surface area (Å²) in [5, 5.41) is 0. The van der Waals surface area contributed by atoms with E-state index in [2.05, 4.69) is 0 Å². The zero-order chi connectivity index (χ0) is 0. The molecule has 0 saturated carbocycles. The molecule has 0 fully saturated rings. The van der Waals surface area contributed by atoms with Gasteiger partial charge in [0, 0.05) is 53.6 Å². The quantitative estimate of drug-likeness (QED) is 0.454. The Morgan fingerprint density at radius 3 is 1.00 bits per heavy atom. The van der Waals surface area contributed by atoms with E-state index in [4.69, 9.17) is 0 Å². The van der Waals surface area contributed by atoms with Gasteiger partial charge in [0.05, 0.1) is 0 Å². The first-order valence-corrected chi connectivity index (χ1v) is 0. The van der Waals surface area contributed by atoms with Crippen molar-refractivity contribution in [1.29, 1.82) is 0 Å². The van der Waals surface area contributed by atoms with Gasteiger partial charge in [-0.3, -0.25) is 0 Å². The smallest absolute Gasteiger partial charge is 0 e. The summed E-state index contributed by atoms with van der Waals surface area (Å²) in [7, 11) is 0. The number of hydrogen-bond acceptors (Lipinski definition) is 0. The largest absolute Gasteiger partial charge is 0.107 e. The van der Waals surface area contributed by atoms with E-state index >= 15 is 0 Å². The molecule has 0 aliphatic rings. The molecule has 0 nitrogen and oxygen atoms in total. The maximum Gasteiger partial charge on any atom is 0 e. The average Bonchev–Trinajstić information content (AvgIpc) is 0. The summed E-state index contributed by atoms with van der Waals surface area (Å²) in [6, 6.07) is 0. The summed E-state index contributed by atoms with van der Waals surface area (Å²) >= 11 is 0. The second-order valence-corrected chi connectivity index (χ2v) is 0. The number of halogens is 1. The van der Waals surface area contributed by atoms with Crippen LogP contribution in [0.3, 0.4) is 0 Å². The molecule has 0 amide bonds. The Morgan fingerprint density at radius 1 is 1.00 bits per heavy atom. The van der Waals surface area contributed by atoms with E-state index in [9.17, 15) is 0 Å². The SMILES string of the molecule is I.[Cu].[Mn].[Zn]. The van der Waals surface area contributed by atoms with E-state index in [0.717, 1.165) is 0 Å². The van der Waals surface area contributed by atoms with E-state index < -0.39 is 0 Å². The third kappa shape index (κ3) is 8.83. The minimum Gasteiger partial charge on any atom is -0.107 e. The van der Waals surface area contributed by atoms with Gasteiger partial charge in [0.25, 0.3) is 0 Å². The van der Waals surface area contributed by atoms with Gasteiger partial charge in [0.2, 0.25) is 0 Å². The van der Waals surface area contributed by atoms with Crippen LogP contribution in [0.5, 0.6) is 0 Å². The molecule has 0 atom stereocenters. The molecule has 2 radical (unpaired) electrons. The van der Waals surface area contributed by atoms with Gasteiger partial charge in [-0.15, -0.1) is 24.0 Å².